The Hall–Kier alpha value is -2.92. The Balaban J connectivity index is 1.68. The molecule has 132 valence electrons. The summed E-state index contributed by atoms with van der Waals surface area (Å²) in [7, 11) is 0. The molecule has 6 heteroatoms. The molecule has 1 aromatic heterocycles. The summed E-state index contributed by atoms with van der Waals surface area (Å²) >= 11 is 5.90. The number of carbonyl (C=O) groups excluding carboxylic acids is 1. The number of amides is 1. The zero-order valence-electron chi connectivity index (χ0n) is 14.1. The molecule has 3 aromatic rings. The molecule has 1 amide bonds. The topological polar surface area (TPSA) is 54.0 Å². The molecule has 1 heterocycles. The summed E-state index contributed by atoms with van der Waals surface area (Å²) in [5.74, 6) is -0.654. The van der Waals surface area contributed by atoms with Crippen molar-refractivity contribution in [3.63, 3.8) is 0 Å². The van der Waals surface area contributed by atoms with Crippen molar-refractivity contribution in [2.75, 3.05) is 10.6 Å². The van der Waals surface area contributed by atoms with Gasteiger partial charge in [-0.2, -0.15) is 0 Å². The van der Waals surface area contributed by atoms with Crippen molar-refractivity contribution in [3.05, 3.63) is 82.8 Å². The number of anilines is 3. The van der Waals surface area contributed by atoms with E-state index in [2.05, 4.69) is 34.7 Å². The van der Waals surface area contributed by atoms with Crippen LogP contribution < -0.4 is 10.6 Å². The molecule has 0 unspecified atom stereocenters. The summed E-state index contributed by atoms with van der Waals surface area (Å²) in [6.07, 6.45) is 2.48. The number of rotatable bonds is 5. The predicted molar refractivity (Wildman–Crippen MR) is 103 cm³/mol. The third-order valence-corrected chi connectivity index (χ3v) is 4.16. The number of nitrogens with zero attached hydrogens (tertiary/aromatic N) is 1. The lowest BCUT2D eigenvalue weighted by Crippen LogP contribution is -2.14. The highest BCUT2D eigenvalue weighted by Crippen LogP contribution is 2.21. The van der Waals surface area contributed by atoms with Crippen LogP contribution in [0.3, 0.4) is 0 Å². The van der Waals surface area contributed by atoms with E-state index < -0.39 is 11.7 Å². The van der Waals surface area contributed by atoms with Crippen LogP contribution in [-0.4, -0.2) is 10.9 Å². The monoisotopic (exact) mass is 369 g/mol. The normalized spacial score (nSPS) is 10.4. The van der Waals surface area contributed by atoms with Crippen LogP contribution in [0.1, 0.15) is 22.8 Å². The van der Waals surface area contributed by atoms with Crippen molar-refractivity contribution in [2.45, 2.75) is 13.3 Å². The van der Waals surface area contributed by atoms with Crippen molar-refractivity contribution < 1.29 is 9.18 Å². The van der Waals surface area contributed by atoms with Gasteiger partial charge in [0.1, 0.15) is 11.6 Å². The Labute approximate surface area is 156 Å². The maximum absolute atomic E-state index is 13.8. The van der Waals surface area contributed by atoms with Crippen LogP contribution in [0, 0.1) is 5.82 Å². The second-order valence-electron chi connectivity index (χ2n) is 5.66. The van der Waals surface area contributed by atoms with Crippen LogP contribution in [0.25, 0.3) is 0 Å². The van der Waals surface area contributed by atoms with Gasteiger partial charge in [-0.15, -0.1) is 0 Å². The predicted octanol–water partition coefficient (Wildman–Crippen LogP) is 5.43. The minimum atomic E-state index is -0.670. The molecule has 0 saturated heterocycles. The molecule has 0 radical (unpaired) electrons. The molecule has 3 rings (SSSR count). The zero-order chi connectivity index (χ0) is 18.5. The summed E-state index contributed by atoms with van der Waals surface area (Å²) in [5, 5.41) is 5.83. The molecular weight excluding hydrogens is 353 g/mol. The lowest BCUT2D eigenvalue weighted by molar-refractivity contribution is 0.102. The number of aryl methyl sites for hydroxylation is 1. The zero-order valence-corrected chi connectivity index (χ0v) is 14.8. The minimum Gasteiger partial charge on any atom is -0.340 e. The van der Waals surface area contributed by atoms with Crippen LogP contribution in [-0.2, 0) is 6.42 Å². The first kappa shape index (κ1) is 17.9. The van der Waals surface area contributed by atoms with Crippen molar-refractivity contribution in [1.29, 1.82) is 0 Å². The van der Waals surface area contributed by atoms with Gasteiger partial charge in [0, 0.05) is 5.69 Å². The fourth-order valence-corrected chi connectivity index (χ4v) is 2.67. The van der Waals surface area contributed by atoms with Gasteiger partial charge in [0.15, 0.2) is 0 Å². The molecule has 4 nitrogen and oxygen atoms in total. The third-order valence-electron chi connectivity index (χ3n) is 3.85. The number of hydrogen-bond donors (Lipinski definition) is 2. The molecule has 0 fully saturated rings. The Kier molecular flexibility index (Phi) is 5.49. The largest absolute Gasteiger partial charge is 0.340 e. The van der Waals surface area contributed by atoms with E-state index in [1.807, 2.05) is 12.1 Å². The van der Waals surface area contributed by atoms with E-state index in [1.54, 1.807) is 12.1 Å². The van der Waals surface area contributed by atoms with Gasteiger partial charge in [0.25, 0.3) is 5.91 Å². The van der Waals surface area contributed by atoms with Crippen molar-refractivity contribution in [1.82, 2.24) is 4.98 Å². The summed E-state index contributed by atoms with van der Waals surface area (Å²) < 4.78 is 13.8. The first-order valence-electron chi connectivity index (χ1n) is 8.14. The van der Waals surface area contributed by atoms with E-state index in [-0.39, 0.29) is 10.6 Å². The van der Waals surface area contributed by atoms with E-state index >= 15 is 0 Å². The van der Waals surface area contributed by atoms with Crippen LogP contribution in [0.15, 0.2) is 60.8 Å². The SMILES string of the molecule is CCc1ccc(Nc2ccc(NC(=O)c3c(F)cccc3Cl)cn2)cc1. The Morgan fingerprint density at radius 1 is 1.08 bits per heavy atom. The third kappa shape index (κ3) is 4.18. The summed E-state index contributed by atoms with van der Waals surface area (Å²) in [6.45, 7) is 2.10. The van der Waals surface area contributed by atoms with Crippen LogP contribution in [0.4, 0.5) is 21.6 Å². The van der Waals surface area contributed by atoms with Crippen molar-refractivity contribution in [2.24, 2.45) is 0 Å². The van der Waals surface area contributed by atoms with E-state index in [4.69, 9.17) is 11.6 Å². The van der Waals surface area contributed by atoms with Gasteiger partial charge in [-0.1, -0.05) is 36.7 Å². The molecule has 26 heavy (non-hydrogen) atoms. The maximum Gasteiger partial charge on any atom is 0.260 e. The number of halogens is 2. The Morgan fingerprint density at radius 3 is 2.42 bits per heavy atom. The Bertz CT molecular complexity index is 891. The van der Waals surface area contributed by atoms with Gasteiger partial charge in [0.2, 0.25) is 0 Å². The number of hydrogen-bond acceptors (Lipinski definition) is 3. The van der Waals surface area contributed by atoms with E-state index in [0.717, 1.165) is 12.1 Å². The van der Waals surface area contributed by atoms with E-state index in [9.17, 15) is 9.18 Å². The number of aromatic nitrogens is 1. The average molecular weight is 370 g/mol. The molecule has 0 bridgehead atoms. The Morgan fingerprint density at radius 2 is 1.81 bits per heavy atom. The highest BCUT2D eigenvalue weighted by Gasteiger charge is 2.15. The first-order chi connectivity index (χ1) is 12.6. The average Bonchev–Trinajstić information content (AvgIpc) is 2.64. The van der Waals surface area contributed by atoms with Crippen LogP contribution in [0.2, 0.25) is 5.02 Å². The van der Waals surface area contributed by atoms with Crippen molar-refractivity contribution >= 4 is 34.7 Å². The van der Waals surface area contributed by atoms with Gasteiger partial charge in [0.05, 0.1) is 22.5 Å². The number of carbonyl (C=O) groups is 1. The highest BCUT2D eigenvalue weighted by atomic mass is 35.5. The number of nitrogens with one attached hydrogen (secondary N) is 2. The van der Waals surface area contributed by atoms with Gasteiger partial charge in [-0.3, -0.25) is 4.79 Å². The molecule has 2 N–H and O–H groups in total. The van der Waals surface area contributed by atoms with Gasteiger partial charge in [-0.25, -0.2) is 9.37 Å². The maximum atomic E-state index is 13.8. The molecule has 0 saturated carbocycles. The van der Waals surface area contributed by atoms with Gasteiger partial charge in [-0.05, 0) is 48.4 Å². The quantitative estimate of drug-likeness (QED) is 0.630. The van der Waals surface area contributed by atoms with Gasteiger partial charge >= 0.3 is 0 Å². The summed E-state index contributed by atoms with van der Waals surface area (Å²) in [6, 6.07) is 15.6. The summed E-state index contributed by atoms with van der Waals surface area (Å²) in [5.41, 5.74) is 2.44. The molecule has 0 aliphatic carbocycles. The number of pyridine rings is 1. The molecular formula is C20H17ClFN3O. The van der Waals surface area contributed by atoms with E-state index in [1.165, 1.54) is 30.0 Å². The highest BCUT2D eigenvalue weighted by molar-refractivity contribution is 6.34. The minimum absolute atomic E-state index is 0.0595. The molecule has 0 aliphatic heterocycles. The first-order valence-corrected chi connectivity index (χ1v) is 8.52. The smallest absolute Gasteiger partial charge is 0.260 e. The number of benzene rings is 2. The molecule has 0 atom stereocenters. The lowest BCUT2D eigenvalue weighted by atomic mass is 10.1. The molecule has 2 aromatic carbocycles. The van der Waals surface area contributed by atoms with Crippen molar-refractivity contribution in [3.8, 4) is 0 Å². The molecule has 0 spiro atoms. The molecule has 0 aliphatic rings. The fraction of sp³-hybridized carbons (Fsp3) is 0.100. The fourth-order valence-electron chi connectivity index (χ4n) is 2.42. The second-order valence-corrected chi connectivity index (χ2v) is 6.07. The summed E-state index contributed by atoms with van der Waals surface area (Å²) in [4.78, 5) is 16.5. The lowest BCUT2D eigenvalue weighted by Gasteiger charge is -2.09. The van der Waals surface area contributed by atoms with E-state index in [0.29, 0.717) is 11.5 Å². The second kappa shape index (κ2) is 7.97. The van der Waals surface area contributed by atoms with Crippen LogP contribution in [0.5, 0.6) is 0 Å². The van der Waals surface area contributed by atoms with Gasteiger partial charge < -0.3 is 10.6 Å². The van der Waals surface area contributed by atoms with Crippen LogP contribution >= 0.6 is 11.6 Å². The standard InChI is InChI=1S/C20H17ClFN3O/c1-2-13-6-8-14(9-7-13)24-18-11-10-15(12-23-18)25-20(26)19-16(21)4-3-5-17(19)22/h3-12H,2H2,1H3,(H,23,24)(H,25,26).